The van der Waals surface area contributed by atoms with Gasteiger partial charge in [-0.25, -0.2) is 0 Å². The molecule has 2 unspecified atom stereocenters. The smallest absolute Gasteiger partial charge is 0.310 e. The second-order valence-electron chi connectivity index (χ2n) is 6.68. The molecule has 0 aromatic carbocycles. The molecule has 2 N–H and O–H groups in total. The van der Waals surface area contributed by atoms with Gasteiger partial charge >= 0.3 is 5.97 Å². The van der Waals surface area contributed by atoms with E-state index in [1.165, 1.54) is 26.4 Å². The molecule has 1 amide bonds. The Morgan fingerprint density at radius 3 is 2.70 bits per heavy atom. The molecule has 1 aromatic rings. The third-order valence-electron chi connectivity index (χ3n) is 5.21. The van der Waals surface area contributed by atoms with Crippen molar-refractivity contribution < 1.29 is 14.3 Å². The second kappa shape index (κ2) is 7.15. The lowest BCUT2D eigenvalue weighted by Crippen LogP contribution is -2.40. The molecule has 2 saturated carbocycles. The number of aromatic nitrogens is 2. The van der Waals surface area contributed by atoms with E-state index in [9.17, 15) is 9.59 Å². The summed E-state index contributed by atoms with van der Waals surface area (Å²) in [5, 5.41) is 10.1. The second-order valence-corrected chi connectivity index (χ2v) is 6.68. The van der Waals surface area contributed by atoms with Crippen LogP contribution in [0.5, 0.6) is 0 Å². The average Bonchev–Trinajstić information content (AvgIpc) is 3.24. The number of hydrogen-bond donors (Lipinski definition) is 2. The van der Waals surface area contributed by atoms with Crippen molar-refractivity contribution in [2.75, 3.05) is 7.11 Å². The van der Waals surface area contributed by atoms with Gasteiger partial charge in [0.1, 0.15) is 5.69 Å². The van der Waals surface area contributed by atoms with Crippen LogP contribution in [0.4, 0.5) is 0 Å². The lowest BCUT2D eigenvalue weighted by molar-refractivity contribution is -0.145. The number of ether oxygens (including phenoxy) is 1. The maximum absolute atomic E-state index is 12.4. The van der Waals surface area contributed by atoms with Gasteiger partial charge in [0.15, 0.2) is 0 Å². The summed E-state index contributed by atoms with van der Waals surface area (Å²) in [5.74, 6) is -0.186. The Labute approximate surface area is 136 Å². The zero-order chi connectivity index (χ0) is 16.2. The quantitative estimate of drug-likeness (QED) is 0.835. The molecule has 0 saturated heterocycles. The van der Waals surface area contributed by atoms with Crippen molar-refractivity contribution in [1.82, 2.24) is 15.5 Å². The fourth-order valence-electron chi connectivity index (χ4n) is 3.88. The normalized spacial score (nSPS) is 25.3. The van der Waals surface area contributed by atoms with E-state index >= 15 is 0 Å². The van der Waals surface area contributed by atoms with Gasteiger partial charge in [-0.1, -0.05) is 25.7 Å². The van der Waals surface area contributed by atoms with Gasteiger partial charge in [0.05, 0.1) is 13.0 Å². The third kappa shape index (κ3) is 3.57. The molecule has 6 heteroatoms. The minimum absolute atomic E-state index is 0.148. The van der Waals surface area contributed by atoms with E-state index in [1.54, 1.807) is 0 Å². The molecule has 1 aromatic heterocycles. The maximum Gasteiger partial charge on any atom is 0.310 e. The summed E-state index contributed by atoms with van der Waals surface area (Å²) in [6.07, 6.45) is 8.62. The number of H-pyrrole nitrogens is 1. The predicted octanol–water partition coefficient (Wildman–Crippen LogP) is 2.53. The number of amides is 1. The number of rotatable bonds is 4. The molecule has 0 aliphatic heterocycles. The van der Waals surface area contributed by atoms with Crippen LogP contribution in [-0.4, -0.2) is 35.2 Å². The summed E-state index contributed by atoms with van der Waals surface area (Å²) in [4.78, 5) is 24.2. The molecular formula is C17H25N3O3. The summed E-state index contributed by atoms with van der Waals surface area (Å²) < 4.78 is 4.82. The summed E-state index contributed by atoms with van der Waals surface area (Å²) in [6.45, 7) is 0. The van der Waals surface area contributed by atoms with E-state index < -0.39 is 0 Å². The maximum atomic E-state index is 12.4. The summed E-state index contributed by atoms with van der Waals surface area (Å²) in [6, 6.07) is 1.72. The molecule has 3 rings (SSSR count). The van der Waals surface area contributed by atoms with Crippen LogP contribution in [0.3, 0.4) is 0 Å². The molecule has 23 heavy (non-hydrogen) atoms. The first kappa shape index (κ1) is 16.0. The molecule has 2 aliphatic carbocycles. The monoisotopic (exact) mass is 319 g/mol. The number of methoxy groups -OCH3 is 1. The first-order valence-electron chi connectivity index (χ1n) is 8.63. The fraction of sp³-hybridized carbons (Fsp3) is 0.706. The molecule has 6 nitrogen and oxygen atoms in total. The first-order valence-corrected chi connectivity index (χ1v) is 8.63. The van der Waals surface area contributed by atoms with Crippen molar-refractivity contribution in [1.29, 1.82) is 0 Å². The SMILES string of the molecule is COC(=O)C1CCCC1NC(=O)c1cc(C2CCCCC2)[nH]n1. The van der Waals surface area contributed by atoms with Crippen molar-refractivity contribution in [3.05, 3.63) is 17.5 Å². The van der Waals surface area contributed by atoms with E-state index in [0.29, 0.717) is 11.6 Å². The Hall–Kier alpha value is -1.85. The Balaban J connectivity index is 1.62. The van der Waals surface area contributed by atoms with Crippen LogP contribution in [0.2, 0.25) is 0 Å². The van der Waals surface area contributed by atoms with Gasteiger partial charge in [-0.15, -0.1) is 0 Å². The van der Waals surface area contributed by atoms with Crippen molar-refractivity contribution in [3.8, 4) is 0 Å². The van der Waals surface area contributed by atoms with Crippen LogP contribution in [0, 0.1) is 5.92 Å². The van der Waals surface area contributed by atoms with E-state index in [0.717, 1.165) is 37.8 Å². The highest BCUT2D eigenvalue weighted by atomic mass is 16.5. The molecule has 0 radical (unpaired) electrons. The molecule has 2 fully saturated rings. The van der Waals surface area contributed by atoms with E-state index in [2.05, 4.69) is 15.5 Å². The topological polar surface area (TPSA) is 84.1 Å². The number of nitrogens with one attached hydrogen (secondary N) is 2. The highest BCUT2D eigenvalue weighted by molar-refractivity contribution is 5.93. The van der Waals surface area contributed by atoms with Gasteiger partial charge in [0.2, 0.25) is 0 Å². The number of carbonyl (C=O) groups is 2. The first-order chi connectivity index (χ1) is 11.2. The van der Waals surface area contributed by atoms with Crippen LogP contribution in [0.25, 0.3) is 0 Å². The zero-order valence-electron chi connectivity index (χ0n) is 13.6. The van der Waals surface area contributed by atoms with Crippen molar-refractivity contribution >= 4 is 11.9 Å². The van der Waals surface area contributed by atoms with Gasteiger partial charge in [0.25, 0.3) is 5.91 Å². The van der Waals surface area contributed by atoms with Crippen LogP contribution >= 0.6 is 0 Å². The van der Waals surface area contributed by atoms with E-state index in [4.69, 9.17) is 4.74 Å². The van der Waals surface area contributed by atoms with Gasteiger partial charge in [-0.05, 0) is 31.7 Å². The third-order valence-corrected chi connectivity index (χ3v) is 5.21. The van der Waals surface area contributed by atoms with Gasteiger partial charge in [0, 0.05) is 17.7 Å². The predicted molar refractivity (Wildman–Crippen MR) is 85.0 cm³/mol. The molecular weight excluding hydrogens is 294 g/mol. The summed E-state index contributed by atoms with van der Waals surface area (Å²) >= 11 is 0. The van der Waals surface area contributed by atoms with Gasteiger partial charge < -0.3 is 10.1 Å². The highest BCUT2D eigenvalue weighted by Crippen LogP contribution is 2.32. The molecule has 0 spiro atoms. The number of nitrogens with zero attached hydrogens (tertiary/aromatic N) is 1. The average molecular weight is 319 g/mol. The number of carbonyl (C=O) groups excluding carboxylic acids is 2. The Morgan fingerprint density at radius 1 is 1.17 bits per heavy atom. The molecule has 2 atom stereocenters. The van der Waals surface area contributed by atoms with Crippen LogP contribution < -0.4 is 5.32 Å². The molecule has 126 valence electrons. The lowest BCUT2D eigenvalue weighted by Gasteiger charge is -2.19. The van der Waals surface area contributed by atoms with Gasteiger partial charge in [-0.2, -0.15) is 5.10 Å². The number of hydrogen-bond acceptors (Lipinski definition) is 4. The largest absolute Gasteiger partial charge is 0.469 e. The van der Waals surface area contributed by atoms with Crippen molar-refractivity contribution in [2.45, 2.75) is 63.3 Å². The summed E-state index contributed by atoms with van der Waals surface area (Å²) in [7, 11) is 1.39. The minimum atomic E-state index is -0.238. The van der Waals surface area contributed by atoms with Crippen molar-refractivity contribution in [2.24, 2.45) is 5.92 Å². The zero-order valence-corrected chi connectivity index (χ0v) is 13.6. The molecule has 2 aliphatic rings. The van der Waals surface area contributed by atoms with Crippen molar-refractivity contribution in [3.63, 3.8) is 0 Å². The van der Waals surface area contributed by atoms with E-state index in [-0.39, 0.29) is 23.8 Å². The van der Waals surface area contributed by atoms with E-state index in [1.807, 2.05) is 6.07 Å². The van der Waals surface area contributed by atoms with Gasteiger partial charge in [-0.3, -0.25) is 14.7 Å². The standard InChI is InChI=1S/C17H25N3O3/c1-23-17(22)12-8-5-9-13(12)18-16(21)15-10-14(19-20-15)11-6-3-2-4-7-11/h10-13H,2-9H2,1H3,(H,18,21)(H,19,20). The Kier molecular flexibility index (Phi) is 4.98. The fourth-order valence-corrected chi connectivity index (χ4v) is 3.88. The lowest BCUT2D eigenvalue weighted by atomic mass is 9.87. The molecule has 1 heterocycles. The Morgan fingerprint density at radius 2 is 1.96 bits per heavy atom. The van der Waals surface area contributed by atoms with Crippen LogP contribution in [0.1, 0.15) is 73.5 Å². The minimum Gasteiger partial charge on any atom is -0.469 e. The molecule has 0 bridgehead atoms. The summed E-state index contributed by atoms with van der Waals surface area (Å²) in [5.41, 5.74) is 1.48. The Bertz CT molecular complexity index is 563. The number of aromatic amines is 1. The highest BCUT2D eigenvalue weighted by Gasteiger charge is 2.35. The van der Waals surface area contributed by atoms with Crippen LogP contribution in [-0.2, 0) is 9.53 Å². The number of esters is 1. The van der Waals surface area contributed by atoms with Crippen LogP contribution in [0.15, 0.2) is 6.07 Å².